The zero-order valence-corrected chi connectivity index (χ0v) is 15.4. The second-order valence-electron chi connectivity index (χ2n) is 6.11. The van der Waals surface area contributed by atoms with Gasteiger partial charge in [0.15, 0.2) is 0 Å². The Morgan fingerprint density at radius 3 is 2.62 bits per heavy atom. The van der Waals surface area contributed by atoms with Gasteiger partial charge in [-0.15, -0.1) is 0 Å². The summed E-state index contributed by atoms with van der Waals surface area (Å²) in [7, 11) is 0. The van der Waals surface area contributed by atoms with E-state index in [-0.39, 0.29) is 12.6 Å². The molecule has 7 heteroatoms. The molecule has 0 bridgehead atoms. The summed E-state index contributed by atoms with van der Waals surface area (Å²) in [5.74, 6) is -0.540. The van der Waals surface area contributed by atoms with Gasteiger partial charge in [-0.1, -0.05) is 12.1 Å². The van der Waals surface area contributed by atoms with Crippen LogP contribution < -0.4 is 5.32 Å². The average molecular weight is 397 g/mol. The first-order valence-corrected chi connectivity index (χ1v) is 8.70. The van der Waals surface area contributed by atoms with E-state index in [1.165, 1.54) is 0 Å². The first-order chi connectivity index (χ1) is 11.5. The zero-order chi connectivity index (χ0) is 17.2. The molecule has 0 aromatic heterocycles. The normalized spacial score (nSPS) is 22.8. The SMILES string of the molecule is CC1(C)OC/C(=C(\Nc2ccccc2Br)N2CCOCC2)C(=O)O1. The lowest BCUT2D eigenvalue weighted by atomic mass is 10.2. The molecular formula is C17H21BrN2O4. The van der Waals surface area contributed by atoms with E-state index < -0.39 is 5.79 Å². The molecule has 0 radical (unpaired) electrons. The Balaban J connectivity index is 1.94. The molecule has 130 valence electrons. The summed E-state index contributed by atoms with van der Waals surface area (Å²) in [6, 6.07) is 7.78. The van der Waals surface area contributed by atoms with Gasteiger partial charge in [-0.3, -0.25) is 0 Å². The fourth-order valence-corrected chi connectivity index (χ4v) is 2.99. The maximum Gasteiger partial charge on any atom is 0.342 e. The Morgan fingerprint density at radius 1 is 1.25 bits per heavy atom. The lowest BCUT2D eigenvalue weighted by Gasteiger charge is -2.36. The molecule has 1 aromatic rings. The second kappa shape index (κ2) is 7.13. The van der Waals surface area contributed by atoms with Crippen LogP contribution in [-0.4, -0.2) is 49.6 Å². The van der Waals surface area contributed by atoms with Crippen molar-refractivity contribution in [1.29, 1.82) is 0 Å². The number of nitrogens with one attached hydrogen (secondary N) is 1. The molecule has 1 aromatic carbocycles. The Labute approximate surface area is 149 Å². The highest BCUT2D eigenvalue weighted by atomic mass is 79.9. The number of cyclic esters (lactones) is 1. The summed E-state index contributed by atoms with van der Waals surface area (Å²) in [5.41, 5.74) is 1.37. The molecule has 0 unspecified atom stereocenters. The summed E-state index contributed by atoms with van der Waals surface area (Å²) < 4.78 is 17.4. The number of rotatable bonds is 3. The molecule has 0 aliphatic carbocycles. The van der Waals surface area contributed by atoms with Crippen LogP contribution in [0.2, 0.25) is 0 Å². The third kappa shape index (κ3) is 3.91. The smallest absolute Gasteiger partial charge is 0.342 e. The van der Waals surface area contributed by atoms with Gasteiger partial charge in [0.1, 0.15) is 11.4 Å². The zero-order valence-electron chi connectivity index (χ0n) is 13.8. The molecule has 2 aliphatic heterocycles. The summed E-state index contributed by atoms with van der Waals surface area (Å²) in [5, 5.41) is 3.37. The van der Waals surface area contributed by atoms with Crippen molar-refractivity contribution in [3.8, 4) is 0 Å². The number of benzene rings is 1. The van der Waals surface area contributed by atoms with Crippen molar-refractivity contribution >= 4 is 27.6 Å². The molecule has 3 rings (SSSR count). The minimum Gasteiger partial charge on any atom is -0.430 e. The molecular weight excluding hydrogens is 376 g/mol. The number of hydrogen-bond acceptors (Lipinski definition) is 6. The number of carbonyl (C=O) groups excluding carboxylic acids is 1. The molecule has 0 spiro atoms. The lowest BCUT2D eigenvalue weighted by Crippen LogP contribution is -2.44. The number of halogens is 1. The van der Waals surface area contributed by atoms with Crippen LogP contribution in [0.5, 0.6) is 0 Å². The minimum absolute atomic E-state index is 0.204. The van der Waals surface area contributed by atoms with Crippen LogP contribution in [0.1, 0.15) is 13.8 Å². The maximum atomic E-state index is 12.5. The predicted molar refractivity (Wildman–Crippen MR) is 93.3 cm³/mol. The third-order valence-electron chi connectivity index (χ3n) is 3.89. The first-order valence-electron chi connectivity index (χ1n) is 7.91. The maximum absolute atomic E-state index is 12.5. The van der Waals surface area contributed by atoms with Crippen molar-refractivity contribution in [2.75, 3.05) is 38.2 Å². The van der Waals surface area contributed by atoms with Crippen molar-refractivity contribution in [3.63, 3.8) is 0 Å². The summed E-state index contributed by atoms with van der Waals surface area (Å²) in [6.45, 7) is 6.32. The molecule has 2 heterocycles. The largest absolute Gasteiger partial charge is 0.430 e. The molecule has 2 fully saturated rings. The lowest BCUT2D eigenvalue weighted by molar-refractivity contribution is -0.224. The number of ether oxygens (including phenoxy) is 3. The van der Waals surface area contributed by atoms with Crippen molar-refractivity contribution < 1.29 is 19.0 Å². The summed E-state index contributed by atoms with van der Waals surface area (Å²) in [4.78, 5) is 14.6. The van der Waals surface area contributed by atoms with E-state index in [1.54, 1.807) is 13.8 Å². The van der Waals surface area contributed by atoms with Gasteiger partial charge in [0, 0.05) is 31.4 Å². The third-order valence-corrected chi connectivity index (χ3v) is 4.58. The van der Waals surface area contributed by atoms with Crippen molar-refractivity contribution in [2.24, 2.45) is 0 Å². The number of para-hydroxylation sites is 1. The van der Waals surface area contributed by atoms with E-state index in [2.05, 4.69) is 26.1 Å². The Morgan fingerprint density at radius 2 is 1.96 bits per heavy atom. The molecule has 24 heavy (non-hydrogen) atoms. The highest BCUT2D eigenvalue weighted by Gasteiger charge is 2.35. The van der Waals surface area contributed by atoms with Gasteiger partial charge in [0.2, 0.25) is 5.79 Å². The van der Waals surface area contributed by atoms with Crippen LogP contribution in [0.4, 0.5) is 5.69 Å². The molecule has 0 saturated carbocycles. The van der Waals surface area contributed by atoms with Crippen molar-refractivity contribution in [2.45, 2.75) is 19.6 Å². The second-order valence-corrected chi connectivity index (χ2v) is 6.96. The molecule has 1 N–H and O–H groups in total. The fourth-order valence-electron chi connectivity index (χ4n) is 2.61. The van der Waals surface area contributed by atoms with E-state index in [0.29, 0.717) is 37.7 Å². The quantitative estimate of drug-likeness (QED) is 0.625. The van der Waals surface area contributed by atoms with Gasteiger partial charge < -0.3 is 24.4 Å². The highest BCUT2D eigenvalue weighted by molar-refractivity contribution is 9.10. The van der Waals surface area contributed by atoms with Gasteiger partial charge in [-0.25, -0.2) is 4.79 Å². The summed E-state index contributed by atoms with van der Waals surface area (Å²) in [6.07, 6.45) is 0. The molecule has 2 saturated heterocycles. The number of anilines is 1. The topological polar surface area (TPSA) is 60.0 Å². The van der Waals surface area contributed by atoms with E-state index in [9.17, 15) is 4.79 Å². The van der Waals surface area contributed by atoms with Gasteiger partial charge in [0.25, 0.3) is 0 Å². The monoisotopic (exact) mass is 396 g/mol. The van der Waals surface area contributed by atoms with Gasteiger partial charge in [-0.2, -0.15) is 0 Å². The van der Waals surface area contributed by atoms with Crippen LogP contribution in [-0.2, 0) is 19.0 Å². The van der Waals surface area contributed by atoms with E-state index >= 15 is 0 Å². The summed E-state index contributed by atoms with van der Waals surface area (Å²) >= 11 is 3.53. The van der Waals surface area contributed by atoms with Crippen LogP contribution in [0, 0.1) is 0 Å². The van der Waals surface area contributed by atoms with E-state index in [4.69, 9.17) is 14.2 Å². The van der Waals surface area contributed by atoms with Crippen LogP contribution >= 0.6 is 15.9 Å². The van der Waals surface area contributed by atoms with E-state index in [1.807, 2.05) is 24.3 Å². The number of hydrogen-bond donors (Lipinski definition) is 1. The number of nitrogens with zero attached hydrogens (tertiary/aromatic N) is 1. The highest BCUT2D eigenvalue weighted by Crippen LogP contribution is 2.28. The standard InChI is InChI=1S/C17H21BrN2O4/c1-17(2)23-11-12(16(21)24-17)15(20-7-9-22-10-8-20)19-14-6-4-3-5-13(14)18/h3-6,19H,7-11H2,1-2H3/b15-12-. The Bertz CT molecular complexity index is 654. The Hall–Kier alpha value is -1.57. The van der Waals surface area contributed by atoms with Gasteiger partial charge in [0.05, 0.1) is 25.5 Å². The number of carbonyl (C=O) groups is 1. The minimum atomic E-state index is -0.899. The van der Waals surface area contributed by atoms with Crippen molar-refractivity contribution in [1.82, 2.24) is 4.90 Å². The van der Waals surface area contributed by atoms with Crippen LogP contribution in [0.3, 0.4) is 0 Å². The first kappa shape index (κ1) is 17.3. The van der Waals surface area contributed by atoms with E-state index in [0.717, 1.165) is 10.2 Å². The Kier molecular flexibility index (Phi) is 5.12. The van der Waals surface area contributed by atoms with Crippen molar-refractivity contribution in [3.05, 3.63) is 40.1 Å². The fraction of sp³-hybridized carbons (Fsp3) is 0.471. The average Bonchev–Trinajstić information content (AvgIpc) is 2.55. The van der Waals surface area contributed by atoms with Gasteiger partial charge >= 0.3 is 5.97 Å². The van der Waals surface area contributed by atoms with Crippen LogP contribution in [0.15, 0.2) is 40.1 Å². The molecule has 6 nitrogen and oxygen atoms in total. The molecule has 0 amide bonds. The molecule has 0 atom stereocenters. The van der Waals surface area contributed by atoms with Crippen LogP contribution in [0.25, 0.3) is 0 Å². The molecule has 2 aliphatic rings. The predicted octanol–water partition coefficient (Wildman–Crippen LogP) is 2.71. The number of morpholine rings is 1. The van der Waals surface area contributed by atoms with Gasteiger partial charge in [-0.05, 0) is 28.1 Å². The number of esters is 1.